The van der Waals surface area contributed by atoms with Crippen LogP contribution in [0.5, 0.6) is 0 Å². The van der Waals surface area contributed by atoms with Crippen LogP contribution in [0.1, 0.15) is 16.8 Å². The largest absolute Gasteiger partial charge is 0.462 e. The van der Waals surface area contributed by atoms with Crippen molar-refractivity contribution < 1.29 is 31.5 Å². The zero-order valence-electron chi connectivity index (χ0n) is 10.6. The second-order valence-corrected chi connectivity index (χ2v) is 7.07. The Bertz CT molecular complexity index is 656. The maximum atomic E-state index is 13.9. The lowest BCUT2D eigenvalue weighted by Gasteiger charge is -2.10. The van der Waals surface area contributed by atoms with Crippen molar-refractivity contribution in [1.82, 2.24) is 0 Å². The first-order chi connectivity index (χ1) is 9.79. The first-order valence-corrected chi connectivity index (χ1v) is 8.28. The highest BCUT2D eigenvalue weighted by Crippen LogP contribution is 2.24. The van der Waals surface area contributed by atoms with Gasteiger partial charge in [0.2, 0.25) is 0 Å². The Labute approximate surface area is 124 Å². The number of ether oxygens (including phenoxy) is 2. The van der Waals surface area contributed by atoms with Crippen LogP contribution in [0, 0.1) is 17.6 Å². The third-order valence-corrected chi connectivity index (χ3v) is 4.28. The van der Waals surface area contributed by atoms with E-state index in [1.807, 2.05) is 0 Å². The first kappa shape index (κ1) is 16.1. The molecule has 1 atom stereocenters. The standard InChI is InChI=1S/C12H11ClF2O5S/c13-21(17,18)10-4-8(14)3-9(11(10)15)12(16)20-6-7-1-2-19-5-7/h3-4,7H,1-2,5-6H2. The zero-order valence-corrected chi connectivity index (χ0v) is 12.2. The van der Waals surface area contributed by atoms with Gasteiger partial charge in [-0.1, -0.05) is 0 Å². The normalized spacial score (nSPS) is 18.7. The fourth-order valence-corrected chi connectivity index (χ4v) is 2.79. The van der Waals surface area contributed by atoms with Gasteiger partial charge in [-0.05, 0) is 18.6 Å². The number of esters is 1. The molecule has 1 unspecified atom stereocenters. The van der Waals surface area contributed by atoms with Crippen LogP contribution in [0.4, 0.5) is 8.78 Å². The molecule has 1 heterocycles. The molecule has 0 aromatic heterocycles. The Balaban J connectivity index is 2.22. The smallest absolute Gasteiger partial charge is 0.341 e. The minimum atomic E-state index is -4.51. The van der Waals surface area contributed by atoms with Crippen molar-refractivity contribution in [3.05, 3.63) is 29.3 Å². The third-order valence-electron chi connectivity index (χ3n) is 2.96. The van der Waals surface area contributed by atoms with Crippen LogP contribution < -0.4 is 0 Å². The molecule has 1 saturated heterocycles. The summed E-state index contributed by atoms with van der Waals surface area (Å²) in [5.41, 5.74) is -0.812. The molecule has 1 fully saturated rings. The van der Waals surface area contributed by atoms with Crippen LogP contribution in [0.2, 0.25) is 0 Å². The van der Waals surface area contributed by atoms with Crippen LogP contribution in [-0.4, -0.2) is 34.2 Å². The van der Waals surface area contributed by atoms with Gasteiger partial charge >= 0.3 is 5.97 Å². The molecule has 2 rings (SSSR count). The molecule has 0 bridgehead atoms. The predicted molar refractivity (Wildman–Crippen MR) is 68.6 cm³/mol. The second kappa shape index (κ2) is 6.25. The molecule has 0 spiro atoms. The van der Waals surface area contributed by atoms with Gasteiger partial charge in [-0.3, -0.25) is 0 Å². The summed E-state index contributed by atoms with van der Waals surface area (Å²) in [6, 6.07) is 0.966. The topological polar surface area (TPSA) is 69.7 Å². The molecule has 0 amide bonds. The summed E-state index contributed by atoms with van der Waals surface area (Å²) in [6.45, 7) is 0.948. The summed E-state index contributed by atoms with van der Waals surface area (Å²) in [5.74, 6) is -3.70. The monoisotopic (exact) mass is 340 g/mol. The second-order valence-electron chi connectivity index (χ2n) is 4.53. The summed E-state index contributed by atoms with van der Waals surface area (Å²) >= 11 is 0. The molecule has 116 valence electrons. The van der Waals surface area contributed by atoms with E-state index in [1.54, 1.807) is 0 Å². The van der Waals surface area contributed by atoms with Crippen LogP contribution in [0.25, 0.3) is 0 Å². The molecule has 1 aromatic carbocycles. The predicted octanol–water partition coefficient (Wildman–Crippen LogP) is 2.09. The van der Waals surface area contributed by atoms with Crippen molar-refractivity contribution in [2.24, 2.45) is 5.92 Å². The first-order valence-electron chi connectivity index (χ1n) is 5.97. The lowest BCUT2D eigenvalue weighted by Crippen LogP contribution is -2.16. The van der Waals surface area contributed by atoms with E-state index in [4.69, 9.17) is 20.2 Å². The minimum absolute atomic E-state index is 0.0122. The Kier molecular flexibility index (Phi) is 4.80. The molecular formula is C12H11ClF2O5S. The Morgan fingerprint density at radius 2 is 2.14 bits per heavy atom. The van der Waals surface area contributed by atoms with Crippen molar-refractivity contribution in [3.8, 4) is 0 Å². The van der Waals surface area contributed by atoms with E-state index in [1.165, 1.54) is 0 Å². The van der Waals surface area contributed by atoms with E-state index in [2.05, 4.69) is 0 Å². The molecule has 1 aliphatic heterocycles. The number of carbonyl (C=O) groups excluding carboxylic acids is 1. The van der Waals surface area contributed by atoms with Crippen LogP contribution in [-0.2, 0) is 18.5 Å². The SMILES string of the molecule is O=C(OCC1CCOC1)c1cc(F)cc(S(=O)(=O)Cl)c1F. The molecule has 0 aliphatic carbocycles. The maximum absolute atomic E-state index is 13.9. The average Bonchev–Trinajstić information content (AvgIpc) is 2.90. The van der Waals surface area contributed by atoms with E-state index >= 15 is 0 Å². The van der Waals surface area contributed by atoms with Crippen LogP contribution in [0.15, 0.2) is 17.0 Å². The third kappa shape index (κ3) is 3.90. The summed E-state index contributed by atoms with van der Waals surface area (Å²) < 4.78 is 59.5. The van der Waals surface area contributed by atoms with Gasteiger partial charge in [0.1, 0.15) is 10.7 Å². The van der Waals surface area contributed by atoms with E-state index in [-0.39, 0.29) is 12.5 Å². The van der Waals surface area contributed by atoms with Gasteiger partial charge in [0, 0.05) is 23.2 Å². The summed E-state index contributed by atoms with van der Waals surface area (Å²) in [5, 5.41) is 0. The quantitative estimate of drug-likeness (QED) is 0.620. The zero-order chi connectivity index (χ0) is 15.6. The van der Waals surface area contributed by atoms with Gasteiger partial charge in [0.25, 0.3) is 9.05 Å². The molecule has 21 heavy (non-hydrogen) atoms. The minimum Gasteiger partial charge on any atom is -0.462 e. The maximum Gasteiger partial charge on any atom is 0.341 e. The van der Waals surface area contributed by atoms with Gasteiger partial charge in [-0.25, -0.2) is 22.0 Å². The molecule has 0 saturated carbocycles. The van der Waals surface area contributed by atoms with E-state index in [9.17, 15) is 22.0 Å². The van der Waals surface area contributed by atoms with Gasteiger partial charge in [-0.15, -0.1) is 0 Å². The highest BCUT2D eigenvalue weighted by atomic mass is 35.7. The van der Waals surface area contributed by atoms with Crippen molar-refractivity contribution in [2.75, 3.05) is 19.8 Å². The Morgan fingerprint density at radius 1 is 1.43 bits per heavy atom. The molecule has 1 aliphatic rings. The van der Waals surface area contributed by atoms with Gasteiger partial charge in [-0.2, -0.15) is 0 Å². The highest BCUT2D eigenvalue weighted by Gasteiger charge is 2.26. The van der Waals surface area contributed by atoms with Crippen LogP contribution >= 0.6 is 10.7 Å². The summed E-state index contributed by atoms with van der Waals surface area (Å²) in [6.07, 6.45) is 0.695. The number of benzene rings is 1. The van der Waals surface area contributed by atoms with E-state index in [0.29, 0.717) is 31.8 Å². The number of hydrogen-bond acceptors (Lipinski definition) is 5. The summed E-state index contributed by atoms with van der Waals surface area (Å²) in [7, 11) is 0.477. The fourth-order valence-electron chi connectivity index (χ4n) is 1.88. The lowest BCUT2D eigenvalue weighted by atomic mass is 10.1. The molecule has 1 aromatic rings. The van der Waals surface area contributed by atoms with Gasteiger partial charge in [0.15, 0.2) is 5.82 Å². The van der Waals surface area contributed by atoms with Crippen molar-refractivity contribution in [2.45, 2.75) is 11.3 Å². The molecule has 9 heteroatoms. The highest BCUT2D eigenvalue weighted by molar-refractivity contribution is 8.13. The molecular weight excluding hydrogens is 330 g/mol. The number of halogens is 3. The fraction of sp³-hybridized carbons (Fsp3) is 0.417. The Morgan fingerprint density at radius 3 is 2.71 bits per heavy atom. The number of hydrogen-bond donors (Lipinski definition) is 0. The van der Waals surface area contributed by atoms with Crippen molar-refractivity contribution in [3.63, 3.8) is 0 Å². The van der Waals surface area contributed by atoms with Gasteiger partial charge in [0.05, 0.1) is 18.8 Å². The number of rotatable bonds is 4. The Hall–Kier alpha value is -1.25. The van der Waals surface area contributed by atoms with Crippen LogP contribution in [0.3, 0.4) is 0 Å². The van der Waals surface area contributed by atoms with E-state index < -0.39 is 37.1 Å². The average molecular weight is 341 g/mol. The molecule has 0 radical (unpaired) electrons. The van der Waals surface area contributed by atoms with E-state index in [0.717, 1.165) is 0 Å². The van der Waals surface area contributed by atoms with Crippen molar-refractivity contribution >= 4 is 25.7 Å². The van der Waals surface area contributed by atoms with Crippen molar-refractivity contribution in [1.29, 1.82) is 0 Å². The van der Waals surface area contributed by atoms with Gasteiger partial charge < -0.3 is 9.47 Å². The lowest BCUT2D eigenvalue weighted by molar-refractivity contribution is 0.0421. The molecule has 0 N–H and O–H groups in total. The number of carbonyl (C=O) groups is 1. The molecule has 5 nitrogen and oxygen atoms in total. The summed E-state index contributed by atoms with van der Waals surface area (Å²) in [4.78, 5) is 10.6.